The molecule has 0 aliphatic rings. The first kappa shape index (κ1) is 6.97. The molecule has 0 spiro atoms. The van der Waals surface area contributed by atoms with Gasteiger partial charge in [-0.25, -0.2) is 6.57 Å². The molecule has 10 heavy (non-hydrogen) atoms. The first-order chi connectivity index (χ1) is 4.84. The van der Waals surface area contributed by atoms with Crippen molar-refractivity contribution in [3.05, 3.63) is 33.8 Å². The molecule has 0 aliphatic heterocycles. The van der Waals surface area contributed by atoms with Crippen molar-refractivity contribution in [2.24, 2.45) is 0 Å². The van der Waals surface area contributed by atoms with Crippen LogP contribution in [0.5, 0.6) is 0 Å². The van der Waals surface area contributed by atoms with Gasteiger partial charge in [0.1, 0.15) is 0 Å². The van der Waals surface area contributed by atoms with Crippen molar-refractivity contribution in [1.82, 2.24) is 0 Å². The number of Topliss-reactive ketones (excluding diaryl/α,β-unsaturated/α-hetero) is 1. The third-order valence-corrected chi connectivity index (χ3v) is 1.93. The second-order valence-electron chi connectivity index (χ2n) is 1.72. The van der Waals surface area contributed by atoms with E-state index in [-0.39, 0.29) is 12.3 Å². The Morgan fingerprint density at radius 2 is 2.60 bits per heavy atom. The van der Waals surface area contributed by atoms with Crippen molar-refractivity contribution in [2.45, 2.75) is 0 Å². The molecule has 3 heteroatoms. The third kappa shape index (κ3) is 1.42. The van der Waals surface area contributed by atoms with Gasteiger partial charge in [-0.3, -0.25) is 4.79 Å². The zero-order valence-electron chi connectivity index (χ0n) is 5.20. The summed E-state index contributed by atoms with van der Waals surface area (Å²) in [6, 6.07) is 3.54. The highest BCUT2D eigenvalue weighted by Gasteiger charge is 2.07. The van der Waals surface area contributed by atoms with Crippen molar-refractivity contribution in [2.75, 3.05) is 6.54 Å². The van der Waals surface area contributed by atoms with Crippen LogP contribution in [0.25, 0.3) is 4.85 Å². The maximum absolute atomic E-state index is 10.9. The number of ketones is 1. The maximum atomic E-state index is 10.9. The van der Waals surface area contributed by atoms with Gasteiger partial charge in [-0.2, -0.15) is 0 Å². The van der Waals surface area contributed by atoms with Gasteiger partial charge in [0.25, 0.3) is 12.3 Å². The summed E-state index contributed by atoms with van der Waals surface area (Å²) in [5.74, 6) is -0.0787. The highest BCUT2D eigenvalue weighted by molar-refractivity contribution is 7.12. The van der Waals surface area contributed by atoms with Crippen molar-refractivity contribution in [1.29, 1.82) is 0 Å². The number of hydrogen-bond acceptors (Lipinski definition) is 2. The van der Waals surface area contributed by atoms with Gasteiger partial charge in [-0.05, 0) is 11.4 Å². The molecule has 2 nitrogen and oxygen atoms in total. The molecule has 0 atom stereocenters. The molecule has 0 N–H and O–H groups in total. The molecule has 0 saturated heterocycles. The monoisotopic (exact) mass is 151 g/mol. The largest absolute Gasteiger partial charge is 0.308 e. The Morgan fingerprint density at radius 1 is 1.80 bits per heavy atom. The van der Waals surface area contributed by atoms with Crippen LogP contribution >= 0.6 is 11.3 Å². The van der Waals surface area contributed by atoms with E-state index in [9.17, 15) is 4.79 Å². The van der Waals surface area contributed by atoms with Crippen LogP contribution in [0.1, 0.15) is 9.67 Å². The maximum Gasteiger partial charge on any atom is 0.277 e. The number of carbonyl (C=O) groups is 1. The smallest absolute Gasteiger partial charge is 0.277 e. The fourth-order valence-electron chi connectivity index (χ4n) is 0.587. The predicted molar refractivity (Wildman–Crippen MR) is 40.1 cm³/mol. The third-order valence-electron chi connectivity index (χ3n) is 1.02. The molecular formula is C7H5NOS. The van der Waals surface area contributed by atoms with Crippen LogP contribution in [-0.4, -0.2) is 12.3 Å². The minimum atomic E-state index is -0.0787. The van der Waals surface area contributed by atoms with E-state index in [4.69, 9.17) is 6.57 Å². The van der Waals surface area contributed by atoms with Crippen LogP contribution in [0, 0.1) is 6.57 Å². The molecule has 1 aromatic heterocycles. The average Bonchev–Trinajstić information content (AvgIpc) is 2.38. The standard InChI is InChI=1S/C7H5NOS/c1-8-5-6(9)7-3-2-4-10-7/h2-4H,5H2. The Balaban J connectivity index is 2.71. The van der Waals surface area contributed by atoms with E-state index >= 15 is 0 Å². The molecule has 0 unspecified atom stereocenters. The van der Waals surface area contributed by atoms with E-state index in [0.717, 1.165) is 0 Å². The van der Waals surface area contributed by atoms with Gasteiger partial charge in [-0.15, -0.1) is 11.3 Å². The lowest BCUT2D eigenvalue weighted by Crippen LogP contribution is -1.97. The molecule has 1 heterocycles. The van der Waals surface area contributed by atoms with Crippen molar-refractivity contribution in [3.8, 4) is 0 Å². The second-order valence-corrected chi connectivity index (χ2v) is 2.66. The lowest BCUT2D eigenvalue weighted by atomic mass is 10.3. The summed E-state index contributed by atoms with van der Waals surface area (Å²) >= 11 is 1.38. The number of carbonyl (C=O) groups excluding carboxylic acids is 1. The fourth-order valence-corrected chi connectivity index (χ4v) is 1.24. The summed E-state index contributed by atoms with van der Waals surface area (Å²) in [5.41, 5.74) is 0. The van der Waals surface area contributed by atoms with Gasteiger partial charge in [0.05, 0.1) is 4.88 Å². The van der Waals surface area contributed by atoms with Crippen molar-refractivity contribution < 1.29 is 4.79 Å². The Labute approximate surface area is 62.9 Å². The van der Waals surface area contributed by atoms with Gasteiger partial charge in [0.15, 0.2) is 0 Å². The molecule has 0 aliphatic carbocycles. The Morgan fingerprint density at radius 3 is 3.10 bits per heavy atom. The van der Waals surface area contributed by atoms with Gasteiger partial charge >= 0.3 is 0 Å². The normalized spacial score (nSPS) is 8.70. The van der Waals surface area contributed by atoms with E-state index in [0.29, 0.717) is 4.88 Å². The summed E-state index contributed by atoms with van der Waals surface area (Å²) in [4.78, 5) is 14.6. The molecule has 0 aromatic carbocycles. The first-order valence-electron chi connectivity index (χ1n) is 2.74. The Hall–Kier alpha value is -1.14. The van der Waals surface area contributed by atoms with Crippen LogP contribution < -0.4 is 0 Å². The molecule has 0 saturated carbocycles. The van der Waals surface area contributed by atoms with Crippen LogP contribution in [0.4, 0.5) is 0 Å². The fraction of sp³-hybridized carbons (Fsp3) is 0.143. The van der Waals surface area contributed by atoms with E-state index in [1.807, 2.05) is 11.4 Å². The lowest BCUT2D eigenvalue weighted by Gasteiger charge is -1.82. The zero-order valence-corrected chi connectivity index (χ0v) is 6.02. The van der Waals surface area contributed by atoms with Crippen molar-refractivity contribution in [3.63, 3.8) is 0 Å². The number of nitrogens with zero attached hydrogens (tertiary/aromatic N) is 1. The molecule has 1 aromatic rings. The van der Waals surface area contributed by atoms with Gasteiger partial charge in [-0.1, -0.05) is 6.07 Å². The van der Waals surface area contributed by atoms with Crippen LogP contribution in [-0.2, 0) is 0 Å². The summed E-state index contributed by atoms with van der Waals surface area (Å²) < 4.78 is 0. The van der Waals surface area contributed by atoms with Crippen LogP contribution in [0.3, 0.4) is 0 Å². The molecular weight excluding hydrogens is 146 g/mol. The SMILES string of the molecule is [C-]#[N+]CC(=O)c1cccs1. The summed E-state index contributed by atoms with van der Waals surface area (Å²) in [5, 5.41) is 1.83. The van der Waals surface area contributed by atoms with Gasteiger partial charge in [0.2, 0.25) is 0 Å². The molecule has 50 valence electrons. The molecule has 0 radical (unpaired) electrons. The van der Waals surface area contributed by atoms with Crippen LogP contribution in [0.2, 0.25) is 0 Å². The summed E-state index contributed by atoms with van der Waals surface area (Å²) in [6.07, 6.45) is 0. The number of hydrogen-bond donors (Lipinski definition) is 0. The van der Waals surface area contributed by atoms with E-state index in [2.05, 4.69) is 4.85 Å². The number of thiophene rings is 1. The van der Waals surface area contributed by atoms with E-state index < -0.39 is 0 Å². The molecule has 0 amide bonds. The zero-order chi connectivity index (χ0) is 7.40. The average molecular weight is 151 g/mol. The van der Waals surface area contributed by atoms with Gasteiger partial charge in [0, 0.05) is 0 Å². The topological polar surface area (TPSA) is 21.4 Å². The van der Waals surface area contributed by atoms with Crippen LogP contribution in [0.15, 0.2) is 17.5 Å². The highest BCUT2D eigenvalue weighted by atomic mass is 32.1. The van der Waals surface area contributed by atoms with E-state index in [1.54, 1.807) is 6.07 Å². The Kier molecular flexibility index (Phi) is 2.19. The quantitative estimate of drug-likeness (QED) is 0.467. The van der Waals surface area contributed by atoms with Gasteiger partial charge < -0.3 is 4.85 Å². The minimum Gasteiger partial charge on any atom is -0.308 e. The summed E-state index contributed by atoms with van der Waals surface area (Å²) in [6.45, 7) is 6.42. The van der Waals surface area contributed by atoms with E-state index in [1.165, 1.54) is 11.3 Å². The minimum absolute atomic E-state index is 0.0273. The predicted octanol–water partition coefficient (Wildman–Crippen LogP) is 1.85. The van der Waals surface area contributed by atoms with Crippen molar-refractivity contribution >= 4 is 17.1 Å². The number of rotatable bonds is 2. The highest BCUT2D eigenvalue weighted by Crippen LogP contribution is 2.08. The first-order valence-corrected chi connectivity index (χ1v) is 3.62. The molecule has 1 rings (SSSR count). The molecule has 0 fully saturated rings. The Bertz CT molecular complexity index is 258. The summed E-state index contributed by atoms with van der Waals surface area (Å²) in [7, 11) is 0. The lowest BCUT2D eigenvalue weighted by molar-refractivity contribution is 0.101. The second kappa shape index (κ2) is 3.14. The molecule has 0 bridgehead atoms.